The standard InChI is InChI=1S/C27H37NO/c1-7-29-26-21(18-28-23-16-14-22(15-17-23)27(4,5)6)12-9-13-24(26)25-19(2)10-8-11-20(25)3/h8-13,18,22-23H,7,14-17H2,1-6H3. The zero-order chi connectivity index (χ0) is 21.0. The lowest BCUT2D eigenvalue weighted by molar-refractivity contribution is 0.170. The summed E-state index contributed by atoms with van der Waals surface area (Å²) in [6.45, 7) is 14.2. The van der Waals surface area contributed by atoms with E-state index in [1.807, 2.05) is 0 Å². The highest BCUT2D eigenvalue weighted by Crippen LogP contribution is 2.39. The maximum Gasteiger partial charge on any atom is 0.135 e. The Bertz CT molecular complexity index is 831. The molecule has 0 atom stereocenters. The van der Waals surface area contributed by atoms with Gasteiger partial charge in [-0.25, -0.2) is 0 Å². The summed E-state index contributed by atoms with van der Waals surface area (Å²) in [7, 11) is 0. The molecule has 0 heterocycles. The van der Waals surface area contributed by atoms with Gasteiger partial charge in [0.1, 0.15) is 5.75 Å². The van der Waals surface area contributed by atoms with Crippen LogP contribution < -0.4 is 4.74 Å². The van der Waals surface area contributed by atoms with Crippen LogP contribution in [0.1, 0.15) is 70.1 Å². The minimum atomic E-state index is 0.413. The first kappa shape index (κ1) is 21.6. The normalized spacial score (nSPS) is 20.2. The van der Waals surface area contributed by atoms with E-state index >= 15 is 0 Å². The third-order valence-electron chi connectivity index (χ3n) is 6.43. The van der Waals surface area contributed by atoms with E-state index in [2.05, 4.69) is 84.2 Å². The van der Waals surface area contributed by atoms with Crippen molar-refractivity contribution in [1.29, 1.82) is 0 Å². The van der Waals surface area contributed by atoms with Crippen molar-refractivity contribution in [1.82, 2.24) is 0 Å². The highest BCUT2D eigenvalue weighted by Gasteiger charge is 2.29. The third-order valence-corrected chi connectivity index (χ3v) is 6.43. The van der Waals surface area contributed by atoms with Gasteiger partial charge in [0, 0.05) is 23.4 Å². The van der Waals surface area contributed by atoms with Gasteiger partial charge in [-0.15, -0.1) is 0 Å². The Morgan fingerprint density at radius 2 is 1.59 bits per heavy atom. The summed E-state index contributed by atoms with van der Waals surface area (Å²) in [6.07, 6.45) is 7.01. The average Bonchev–Trinajstić information content (AvgIpc) is 2.67. The third kappa shape index (κ3) is 5.10. The fourth-order valence-corrected chi connectivity index (χ4v) is 4.67. The first-order valence-electron chi connectivity index (χ1n) is 11.2. The molecule has 0 bridgehead atoms. The van der Waals surface area contributed by atoms with Gasteiger partial charge in [-0.2, -0.15) is 0 Å². The number of ether oxygens (including phenoxy) is 1. The molecule has 0 saturated heterocycles. The molecule has 0 spiro atoms. The van der Waals surface area contributed by atoms with Gasteiger partial charge in [0.05, 0.1) is 6.61 Å². The minimum absolute atomic E-state index is 0.413. The summed E-state index contributed by atoms with van der Waals surface area (Å²) in [4.78, 5) is 4.99. The monoisotopic (exact) mass is 391 g/mol. The van der Waals surface area contributed by atoms with Crippen molar-refractivity contribution < 1.29 is 4.74 Å². The first-order chi connectivity index (χ1) is 13.8. The van der Waals surface area contributed by atoms with Crippen molar-refractivity contribution in [3.63, 3.8) is 0 Å². The van der Waals surface area contributed by atoms with Gasteiger partial charge in [-0.1, -0.05) is 51.1 Å². The fraction of sp³-hybridized carbons (Fsp3) is 0.519. The van der Waals surface area contributed by atoms with Gasteiger partial charge in [0.2, 0.25) is 0 Å². The predicted molar refractivity (Wildman–Crippen MR) is 125 cm³/mol. The van der Waals surface area contributed by atoms with Crippen LogP contribution >= 0.6 is 0 Å². The van der Waals surface area contributed by atoms with Gasteiger partial charge in [-0.3, -0.25) is 4.99 Å². The summed E-state index contributed by atoms with van der Waals surface area (Å²) in [5, 5.41) is 0. The van der Waals surface area contributed by atoms with E-state index in [0.717, 1.165) is 17.2 Å². The predicted octanol–water partition coefficient (Wildman–Crippen LogP) is 7.39. The van der Waals surface area contributed by atoms with Crippen molar-refractivity contribution >= 4 is 6.21 Å². The van der Waals surface area contributed by atoms with Gasteiger partial charge < -0.3 is 4.74 Å². The van der Waals surface area contributed by atoms with Crippen LogP contribution in [0.3, 0.4) is 0 Å². The highest BCUT2D eigenvalue weighted by atomic mass is 16.5. The first-order valence-corrected chi connectivity index (χ1v) is 11.2. The quantitative estimate of drug-likeness (QED) is 0.487. The molecular weight excluding hydrogens is 354 g/mol. The summed E-state index contributed by atoms with van der Waals surface area (Å²) in [5.74, 6) is 1.78. The van der Waals surface area contributed by atoms with E-state index in [-0.39, 0.29) is 0 Å². The zero-order valence-corrected chi connectivity index (χ0v) is 19.1. The highest BCUT2D eigenvalue weighted by molar-refractivity contribution is 5.90. The van der Waals surface area contributed by atoms with E-state index in [4.69, 9.17) is 9.73 Å². The van der Waals surface area contributed by atoms with Crippen molar-refractivity contribution in [3.8, 4) is 16.9 Å². The van der Waals surface area contributed by atoms with Crippen molar-refractivity contribution in [2.24, 2.45) is 16.3 Å². The molecule has 0 aromatic heterocycles. The lowest BCUT2D eigenvalue weighted by atomic mass is 9.71. The molecule has 0 N–H and O–H groups in total. The summed E-state index contributed by atoms with van der Waals surface area (Å²) < 4.78 is 6.14. The van der Waals surface area contributed by atoms with E-state index in [9.17, 15) is 0 Å². The fourth-order valence-electron chi connectivity index (χ4n) is 4.67. The lowest BCUT2D eigenvalue weighted by Gasteiger charge is -2.35. The van der Waals surface area contributed by atoms with Crippen molar-refractivity contribution in [2.45, 2.75) is 73.3 Å². The van der Waals surface area contributed by atoms with E-state index in [0.29, 0.717) is 18.1 Å². The van der Waals surface area contributed by atoms with Crippen LogP contribution in [0.15, 0.2) is 41.4 Å². The van der Waals surface area contributed by atoms with E-state index in [1.165, 1.54) is 47.9 Å². The molecule has 0 unspecified atom stereocenters. The molecule has 1 fully saturated rings. The number of nitrogens with zero attached hydrogens (tertiary/aromatic N) is 1. The molecule has 2 aromatic rings. The topological polar surface area (TPSA) is 21.6 Å². The van der Waals surface area contributed by atoms with Crippen LogP contribution in [0.5, 0.6) is 5.75 Å². The number of hydrogen-bond acceptors (Lipinski definition) is 2. The average molecular weight is 392 g/mol. The van der Waals surface area contributed by atoms with Gasteiger partial charge in [0.15, 0.2) is 0 Å². The van der Waals surface area contributed by atoms with Crippen LogP contribution in [0, 0.1) is 25.2 Å². The largest absolute Gasteiger partial charge is 0.493 e. The Morgan fingerprint density at radius 1 is 0.966 bits per heavy atom. The second-order valence-corrected chi connectivity index (χ2v) is 9.57. The van der Waals surface area contributed by atoms with E-state index < -0.39 is 0 Å². The smallest absolute Gasteiger partial charge is 0.135 e. The molecule has 0 aliphatic heterocycles. The molecule has 1 saturated carbocycles. The van der Waals surface area contributed by atoms with Crippen LogP contribution in [0.25, 0.3) is 11.1 Å². The second-order valence-electron chi connectivity index (χ2n) is 9.57. The Labute approximate surface area is 177 Å². The number of para-hydroxylation sites is 1. The molecule has 2 nitrogen and oxygen atoms in total. The molecular formula is C27H37NO. The second kappa shape index (κ2) is 9.15. The number of hydrogen-bond donors (Lipinski definition) is 0. The number of rotatable bonds is 5. The maximum atomic E-state index is 6.14. The Morgan fingerprint density at radius 3 is 2.17 bits per heavy atom. The summed E-state index contributed by atoms with van der Waals surface area (Å²) in [5.41, 5.74) is 6.50. The maximum absolute atomic E-state index is 6.14. The van der Waals surface area contributed by atoms with Gasteiger partial charge in [0.25, 0.3) is 0 Å². The lowest BCUT2D eigenvalue weighted by Crippen LogP contribution is -2.27. The Kier molecular flexibility index (Phi) is 6.82. The van der Waals surface area contributed by atoms with Gasteiger partial charge in [-0.05, 0) is 80.5 Å². The van der Waals surface area contributed by atoms with Gasteiger partial charge >= 0.3 is 0 Å². The summed E-state index contributed by atoms with van der Waals surface area (Å²) >= 11 is 0. The SMILES string of the molecule is CCOc1c(C=NC2CCC(C(C)(C)C)CC2)cccc1-c1c(C)cccc1C. The molecule has 29 heavy (non-hydrogen) atoms. The van der Waals surface area contributed by atoms with E-state index in [1.54, 1.807) is 0 Å². The molecule has 0 radical (unpaired) electrons. The molecule has 156 valence electrons. The van der Waals surface area contributed by atoms with Crippen LogP contribution in [-0.4, -0.2) is 18.9 Å². The Balaban J connectivity index is 1.86. The summed E-state index contributed by atoms with van der Waals surface area (Å²) in [6, 6.07) is 13.3. The minimum Gasteiger partial charge on any atom is -0.493 e. The van der Waals surface area contributed by atoms with Crippen LogP contribution in [0.4, 0.5) is 0 Å². The van der Waals surface area contributed by atoms with Crippen LogP contribution in [-0.2, 0) is 0 Å². The Hall–Kier alpha value is -2.09. The molecule has 2 aromatic carbocycles. The van der Waals surface area contributed by atoms with Crippen molar-refractivity contribution in [2.75, 3.05) is 6.61 Å². The molecule has 1 aliphatic rings. The van der Waals surface area contributed by atoms with Crippen LogP contribution in [0.2, 0.25) is 0 Å². The number of aliphatic imine (C=N–C) groups is 1. The van der Waals surface area contributed by atoms with Crippen molar-refractivity contribution in [3.05, 3.63) is 53.1 Å². The zero-order valence-electron chi connectivity index (χ0n) is 19.1. The number of aryl methyl sites for hydroxylation is 2. The molecule has 2 heteroatoms. The number of benzene rings is 2. The molecule has 1 aliphatic carbocycles. The molecule has 3 rings (SSSR count). The molecule has 0 amide bonds.